The molecule has 0 bridgehead atoms. The number of nitrogen functional groups attached to an aromatic ring is 1. The zero-order valence-electron chi connectivity index (χ0n) is 10.9. The van der Waals surface area contributed by atoms with E-state index < -0.39 is 0 Å². The first-order valence-electron chi connectivity index (χ1n) is 6.66. The van der Waals surface area contributed by atoms with E-state index in [1.54, 1.807) is 12.4 Å². The SMILES string of the molecule is CCN(c1nccnc1C(=N)N)C1CCCCC1. The van der Waals surface area contributed by atoms with Crippen LogP contribution in [0, 0.1) is 5.41 Å². The minimum atomic E-state index is -0.00707. The molecule has 18 heavy (non-hydrogen) atoms. The Hall–Kier alpha value is -1.65. The van der Waals surface area contributed by atoms with E-state index in [0.717, 1.165) is 12.4 Å². The Bertz CT molecular complexity index is 412. The molecule has 1 aliphatic rings. The lowest BCUT2D eigenvalue weighted by Crippen LogP contribution is -2.39. The quantitative estimate of drug-likeness (QED) is 0.629. The maximum atomic E-state index is 7.61. The third-order valence-electron chi connectivity index (χ3n) is 3.56. The van der Waals surface area contributed by atoms with Crippen molar-refractivity contribution in [2.24, 2.45) is 5.73 Å². The van der Waals surface area contributed by atoms with E-state index >= 15 is 0 Å². The van der Waals surface area contributed by atoms with Crippen molar-refractivity contribution >= 4 is 11.7 Å². The Morgan fingerprint density at radius 3 is 2.61 bits per heavy atom. The average molecular weight is 247 g/mol. The van der Waals surface area contributed by atoms with Gasteiger partial charge in [0, 0.05) is 25.0 Å². The summed E-state index contributed by atoms with van der Waals surface area (Å²) in [6.45, 7) is 3.00. The number of nitrogens with one attached hydrogen (secondary N) is 1. The number of rotatable bonds is 4. The Morgan fingerprint density at radius 2 is 2.00 bits per heavy atom. The number of aromatic nitrogens is 2. The summed E-state index contributed by atoms with van der Waals surface area (Å²) in [6.07, 6.45) is 9.54. The molecule has 0 amide bonds. The van der Waals surface area contributed by atoms with Gasteiger partial charge in [0.2, 0.25) is 0 Å². The van der Waals surface area contributed by atoms with Crippen LogP contribution in [0.15, 0.2) is 12.4 Å². The number of nitrogens with two attached hydrogens (primary N) is 1. The van der Waals surface area contributed by atoms with Crippen molar-refractivity contribution in [1.29, 1.82) is 5.41 Å². The zero-order valence-corrected chi connectivity index (χ0v) is 10.9. The van der Waals surface area contributed by atoms with Crippen molar-refractivity contribution in [3.8, 4) is 0 Å². The molecule has 1 aliphatic carbocycles. The summed E-state index contributed by atoms with van der Waals surface area (Å²) in [5.41, 5.74) is 6.10. The molecule has 1 heterocycles. The topological polar surface area (TPSA) is 78.9 Å². The molecule has 5 heteroatoms. The van der Waals surface area contributed by atoms with Crippen molar-refractivity contribution in [2.75, 3.05) is 11.4 Å². The van der Waals surface area contributed by atoms with E-state index in [9.17, 15) is 0 Å². The number of hydrogen-bond donors (Lipinski definition) is 2. The number of hydrogen-bond acceptors (Lipinski definition) is 4. The van der Waals surface area contributed by atoms with Crippen LogP contribution in [-0.2, 0) is 0 Å². The van der Waals surface area contributed by atoms with Gasteiger partial charge in [0.05, 0.1) is 0 Å². The highest BCUT2D eigenvalue weighted by molar-refractivity contribution is 5.97. The van der Waals surface area contributed by atoms with Gasteiger partial charge in [-0.1, -0.05) is 19.3 Å². The standard InChI is InChI=1S/C13H21N5/c1-2-18(10-6-4-3-5-7-10)13-11(12(14)15)16-8-9-17-13/h8-10H,2-7H2,1H3,(H3,14,15). The largest absolute Gasteiger partial charge is 0.382 e. The second-order valence-electron chi connectivity index (χ2n) is 4.72. The summed E-state index contributed by atoms with van der Waals surface area (Å²) in [4.78, 5) is 10.8. The summed E-state index contributed by atoms with van der Waals surface area (Å²) in [6, 6.07) is 0.513. The predicted molar refractivity (Wildman–Crippen MR) is 72.9 cm³/mol. The summed E-state index contributed by atoms with van der Waals surface area (Å²) in [5, 5.41) is 7.61. The van der Waals surface area contributed by atoms with Crippen molar-refractivity contribution in [3.05, 3.63) is 18.1 Å². The molecule has 0 saturated heterocycles. The van der Waals surface area contributed by atoms with E-state index in [0.29, 0.717) is 11.7 Å². The zero-order chi connectivity index (χ0) is 13.0. The molecular weight excluding hydrogens is 226 g/mol. The van der Waals surface area contributed by atoms with Crippen LogP contribution in [0.3, 0.4) is 0 Å². The summed E-state index contributed by atoms with van der Waals surface area (Å²) in [5.74, 6) is 0.756. The van der Waals surface area contributed by atoms with Crippen molar-refractivity contribution in [1.82, 2.24) is 9.97 Å². The molecule has 1 fully saturated rings. The van der Waals surface area contributed by atoms with Gasteiger partial charge < -0.3 is 10.6 Å². The third-order valence-corrected chi connectivity index (χ3v) is 3.56. The molecule has 0 aliphatic heterocycles. The first-order valence-corrected chi connectivity index (χ1v) is 6.66. The highest BCUT2D eigenvalue weighted by Gasteiger charge is 2.24. The summed E-state index contributed by atoms with van der Waals surface area (Å²) < 4.78 is 0. The van der Waals surface area contributed by atoms with Crippen LogP contribution in [0.5, 0.6) is 0 Å². The molecule has 0 unspecified atom stereocenters. The van der Waals surface area contributed by atoms with Gasteiger partial charge in [-0.3, -0.25) is 5.41 Å². The fourth-order valence-electron chi connectivity index (χ4n) is 2.70. The lowest BCUT2D eigenvalue weighted by molar-refractivity contribution is 0.416. The molecule has 0 spiro atoms. The van der Waals surface area contributed by atoms with Gasteiger partial charge in [0.15, 0.2) is 5.82 Å². The second kappa shape index (κ2) is 5.80. The Balaban J connectivity index is 2.28. The number of anilines is 1. The molecule has 1 aromatic heterocycles. The molecule has 5 nitrogen and oxygen atoms in total. The maximum absolute atomic E-state index is 7.61. The van der Waals surface area contributed by atoms with Gasteiger partial charge in [0.1, 0.15) is 11.5 Å². The van der Waals surface area contributed by atoms with Crippen LogP contribution in [0.2, 0.25) is 0 Å². The normalized spacial score (nSPS) is 16.5. The van der Waals surface area contributed by atoms with Crippen LogP contribution < -0.4 is 10.6 Å². The van der Waals surface area contributed by atoms with Gasteiger partial charge in [-0.25, -0.2) is 9.97 Å². The number of nitrogens with zero attached hydrogens (tertiary/aromatic N) is 3. The van der Waals surface area contributed by atoms with Crippen LogP contribution in [0.1, 0.15) is 44.7 Å². The van der Waals surface area contributed by atoms with E-state index in [-0.39, 0.29) is 5.84 Å². The number of amidine groups is 1. The van der Waals surface area contributed by atoms with Gasteiger partial charge in [0.25, 0.3) is 0 Å². The van der Waals surface area contributed by atoms with Gasteiger partial charge in [-0.2, -0.15) is 0 Å². The Labute approximate surface area is 108 Å². The van der Waals surface area contributed by atoms with Gasteiger partial charge >= 0.3 is 0 Å². The monoisotopic (exact) mass is 247 g/mol. The Morgan fingerprint density at radius 1 is 1.33 bits per heavy atom. The maximum Gasteiger partial charge on any atom is 0.158 e. The molecule has 0 aromatic carbocycles. The minimum Gasteiger partial charge on any atom is -0.382 e. The summed E-state index contributed by atoms with van der Waals surface area (Å²) >= 11 is 0. The lowest BCUT2D eigenvalue weighted by atomic mass is 9.94. The average Bonchev–Trinajstić information content (AvgIpc) is 2.41. The van der Waals surface area contributed by atoms with E-state index in [1.165, 1.54) is 32.1 Å². The van der Waals surface area contributed by atoms with Crippen LogP contribution in [0.25, 0.3) is 0 Å². The van der Waals surface area contributed by atoms with Crippen LogP contribution in [-0.4, -0.2) is 28.4 Å². The fourth-order valence-corrected chi connectivity index (χ4v) is 2.70. The molecule has 1 aromatic rings. The molecule has 0 atom stereocenters. The van der Waals surface area contributed by atoms with Crippen molar-refractivity contribution < 1.29 is 0 Å². The molecular formula is C13H21N5. The lowest BCUT2D eigenvalue weighted by Gasteiger charge is -2.35. The van der Waals surface area contributed by atoms with Crippen molar-refractivity contribution in [3.63, 3.8) is 0 Å². The molecule has 2 rings (SSSR count). The molecule has 98 valence electrons. The fraction of sp³-hybridized carbons (Fsp3) is 0.615. The predicted octanol–water partition coefficient (Wildman–Crippen LogP) is 1.92. The van der Waals surface area contributed by atoms with Crippen LogP contribution >= 0.6 is 0 Å². The molecule has 3 N–H and O–H groups in total. The first-order chi connectivity index (χ1) is 8.74. The third kappa shape index (κ3) is 2.60. The van der Waals surface area contributed by atoms with E-state index in [2.05, 4.69) is 21.8 Å². The van der Waals surface area contributed by atoms with E-state index in [4.69, 9.17) is 11.1 Å². The summed E-state index contributed by atoms with van der Waals surface area (Å²) in [7, 11) is 0. The molecule has 1 saturated carbocycles. The molecule has 0 radical (unpaired) electrons. The van der Waals surface area contributed by atoms with Gasteiger partial charge in [-0.15, -0.1) is 0 Å². The second-order valence-corrected chi connectivity index (χ2v) is 4.72. The van der Waals surface area contributed by atoms with Crippen LogP contribution in [0.4, 0.5) is 5.82 Å². The first kappa shape index (κ1) is 12.8. The minimum absolute atomic E-state index is 0.00707. The highest BCUT2D eigenvalue weighted by Crippen LogP contribution is 2.27. The van der Waals surface area contributed by atoms with Gasteiger partial charge in [-0.05, 0) is 19.8 Å². The smallest absolute Gasteiger partial charge is 0.158 e. The highest BCUT2D eigenvalue weighted by atomic mass is 15.2. The Kier molecular flexibility index (Phi) is 4.12. The van der Waals surface area contributed by atoms with Crippen molar-refractivity contribution in [2.45, 2.75) is 45.1 Å². The van der Waals surface area contributed by atoms with E-state index in [1.807, 2.05) is 0 Å².